The van der Waals surface area contributed by atoms with Gasteiger partial charge >= 0.3 is 0 Å². The Hall–Kier alpha value is -3.45. The second kappa shape index (κ2) is 10.8. The summed E-state index contributed by atoms with van der Waals surface area (Å²) < 4.78 is 5.70. The molecule has 3 rings (SSSR count). The van der Waals surface area contributed by atoms with Gasteiger partial charge in [-0.25, -0.2) is 9.97 Å². The molecule has 0 saturated heterocycles. The van der Waals surface area contributed by atoms with Crippen molar-refractivity contribution in [1.82, 2.24) is 9.97 Å². The van der Waals surface area contributed by atoms with Crippen molar-refractivity contribution in [3.8, 4) is 34.3 Å². The minimum atomic E-state index is 0.630. The summed E-state index contributed by atoms with van der Waals surface area (Å²) in [7, 11) is 0. The second-order valence-corrected chi connectivity index (χ2v) is 6.76. The molecule has 0 spiro atoms. The molecule has 0 aliphatic rings. The molecule has 146 valence electrons. The molecule has 0 radical (unpaired) electrons. The first kappa shape index (κ1) is 20.3. The van der Waals surface area contributed by atoms with Crippen molar-refractivity contribution >= 4 is 0 Å². The largest absolute Gasteiger partial charge is 0.490 e. The average molecular weight is 383 g/mol. The maximum Gasteiger partial charge on any atom is 0.159 e. The Labute approximate surface area is 172 Å². The Kier molecular flexibility index (Phi) is 7.54. The zero-order chi connectivity index (χ0) is 20.3. The number of nitriles is 1. The predicted molar refractivity (Wildman–Crippen MR) is 116 cm³/mol. The smallest absolute Gasteiger partial charge is 0.159 e. The van der Waals surface area contributed by atoms with E-state index in [1.54, 1.807) is 12.4 Å². The van der Waals surface area contributed by atoms with E-state index in [9.17, 15) is 0 Å². The molecule has 0 amide bonds. The molecule has 0 fully saturated rings. The van der Waals surface area contributed by atoms with Crippen molar-refractivity contribution in [3.05, 3.63) is 78.6 Å². The van der Waals surface area contributed by atoms with Gasteiger partial charge in [0.1, 0.15) is 0 Å². The van der Waals surface area contributed by atoms with E-state index < -0.39 is 0 Å². The van der Waals surface area contributed by atoms with Crippen LogP contribution in [0.5, 0.6) is 5.75 Å². The Balaban J connectivity index is 1.55. The number of benzene rings is 2. The Morgan fingerprint density at radius 2 is 1.45 bits per heavy atom. The Morgan fingerprint density at radius 3 is 2.07 bits per heavy atom. The average Bonchev–Trinajstić information content (AvgIpc) is 2.79. The fourth-order valence-electron chi connectivity index (χ4n) is 2.89. The van der Waals surface area contributed by atoms with E-state index in [4.69, 9.17) is 10.00 Å². The fraction of sp³-hybridized carbons (Fsp3) is 0.240. The van der Waals surface area contributed by atoms with E-state index in [2.05, 4.69) is 35.1 Å². The molecule has 1 heterocycles. The van der Waals surface area contributed by atoms with Gasteiger partial charge in [-0.2, -0.15) is 5.26 Å². The van der Waals surface area contributed by atoms with Crippen LogP contribution < -0.4 is 4.74 Å². The maximum absolute atomic E-state index is 8.91. The fourth-order valence-corrected chi connectivity index (χ4v) is 2.89. The summed E-state index contributed by atoms with van der Waals surface area (Å²) in [6, 6.07) is 17.8. The van der Waals surface area contributed by atoms with Gasteiger partial charge in [-0.3, -0.25) is 0 Å². The summed E-state index contributed by atoms with van der Waals surface area (Å²) in [6.45, 7) is 2.83. The van der Waals surface area contributed by atoms with Gasteiger partial charge in [0.05, 0.1) is 30.6 Å². The quantitative estimate of drug-likeness (QED) is 0.326. The standard InChI is InChI=1S/C25H25N3O/c1-2-3-4-5-6-7-16-29-24-18-27-25(28-19-24)23-14-12-22(13-15-23)21-10-8-20(17-26)9-11-21/h5-6,8-15,18-19H,2-4,7,16H2,1H3/b6-5-. The molecular formula is C25H25N3O. The van der Waals surface area contributed by atoms with Gasteiger partial charge in [-0.05, 0) is 36.1 Å². The van der Waals surface area contributed by atoms with Crippen molar-refractivity contribution < 1.29 is 4.74 Å². The van der Waals surface area contributed by atoms with Crippen molar-refractivity contribution in [2.75, 3.05) is 6.61 Å². The Bertz CT molecular complexity index is 953. The first-order valence-electron chi connectivity index (χ1n) is 10.0. The van der Waals surface area contributed by atoms with Crippen LogP contribution in [0.2, 0.25) is 0 Å². The molecule has 0 N–H and O–H groups in total. The molecule has 0 aliphatic heterocycles. The van der Waals surface area contributed by atoms with E-state index >= 15 is 0 Å². The second-order valence-electron chi connectivity index (χ2n) is 6.76. The number of aromatic nitrogens is 2. The third-order valence-electron chi connectivity index (χ3n) is 4.56. The van der Waals surface area contributed by atoms with Crippen LogP contribution in [0.1, 0.15) is 38.2 Å². The number of hydrogen-bond donors (Lipinski definition) is 0. The van der Waals surface area contributed by atoms with Crippen molar-refractivity contribution in [3.63, 3.8) is 0 Å². The van der Waals surface area contributed by atoms with E-state index in [-0.39, 0.29) is 0 Å². The summed E-state index contributed by atoms with van der Waals surface area (Å²) in [5.41, 5.74) is 3.77. The number of rotatable bonds is 9. The third kappa shape index (κ3) is 6.02. The van der Waals surface area contributed by atoms with Crippen molar-refractivity contribution in [2.45, 2.75) is 32.6 Å². The molecule has 0 bridgehead atoms. The minimum Gasteiger partial charge on any atom is -0.490 e. The van der Waals surface area contributed by atoms with Gasteiger partial charge in [0.15, 0.2) is 11.6 Å². The number of ether oxygens (including phenoxy) is 1. The number of allylic oxidation sites excluding steroid dienone is 1. The van der Waals surface area contributed by atoms with Crippen LogP contribution in [0.3, 0.4) is 0 Å². The molecule has 1 aromatic heterocycles. The summed E-state index contributed by atoms with van der Waals surface area (Å²) in [4.78, 5) is 8.85. The van der Waals surface area contributed by atoms with Gasteiger partial charge in [-0.1, -0.05) is 68.3 Å². The number of nitrogens with zero attached hydrogens (tertiary/aromatic N) is 3. The highest BCUT2D eigenvalue weighted by molar-refractivity contribution is 5.68. The van der Waals surface area contributed by atoms with Gasteiger partial charge in [-0.15, -0.1) is 0 Å². The summed E-state index contributed by atoms with van der Waals surface area (Å²) in [5, 5.41) is 8.91. The predicted octanol–water partition coefficient (Wildman–Crippen LogP) is 6.20. The zero-order valence-electron chi connectivity index (χ0n) is 16.7. The van der Waals surface area contributed by atoms with E-state index in [0.29, 0.717) is 23.7 Å². The molecule has 4 heteroatoms. The number of unbranched alkanes of at least 4 members (excludes halogenated alkanes) is 2. The minimum absolute atomic E-state index is 0.630. The molecule has 4 nitrogen and oxygen atoms in total. The third-order valence-corrected chi connectivity index (χ3v) is 4.56. The van der Waals surface area contributed by atoms with E-state index in [1.807, 2.05) is 48.5 Å². The van der Waals surface area contributed by atoms with Crippen molar-refractivity contribution in [1.29, 1.82) is 5.26 Å². The highest BCUT2D eigenvalue weighted by Crippen LogP contribution is 2.24. The van der Waals surface area contributed by atoms with E-state index in [1.165, 1.54) is 12.8 Å². The van der Waals surface area contributed by atoms with E-state index in [0.717, 1.165) is 29.5 Å². The van der Waals surface area contributed by atoms with Crippen LogP contribution >= 0.6 is 0 Å². The molecule has 3 aromatic rings. The Morgan fingerprint density at radius 1 is 0.862 bits per heavy atom. The van der Waals surface area contributed by atoms with Crippen LogP contribution in [0, 0.1) is 11.3 Å². The molecule has 0 atom stereocenters. The lowest BCUT2D eigenvalue weighted by Crippen LogP contribution is -1.98. The highest BCUT2D eigenvalue weighted by atomic mass is 16.5. The first-order valence-corrected chi connectivity index (χ1v) is 10.0. The maximum atomic E-state index is 8.91. The van der Waals surface area contributed by atoms with Crippen LogP contribution in [-0.2, 0) is 0 Å². The van der Waals surface area contributed by atoms with Gasteiger partial charge in [0.25, 0.3) is 0 Å². The summed E-state index contributed by atoms with van der Waals surface area (Å²) in [6.07, 6.45) is 12.3. The van der Waals surface area contributed by atoms with Gasteiger partial charge < -0.3 is 4.74 Å². The van der Waals surface area contributed by atoms with Gasteiger partial charge in [0.2, 0.25) is 0 Å². The summed E-state index contributed by atoms with van der Waals surface area (Å²) >= 11 is 0. The first-order chi connectivity index (χ1) is 14.3. The van der Waals surface area contributed by atoms with Crippen LogP contribution in [-0.4, -0.2) is 16.6 Å². The SMILES string of the molecule is CCCC/C=C\CCOc1cnc(-c2ccc(-c3ccc(C#N)cc3)cc2)nc1. The van der Waals surface area contributed by atoms with Crippen LogP contribution in [0.25, 0.3) is 22.5 Å². The summed E-state index contributed by atoms with van der Waals surface area (Å²) in [5.74, 6) is 1.35. The lowest BCUT2D eigenvalue weighted by atomic mass is 10.0. The molecule has 0 aliphatic carbocycles. The van der Waals surface area contributed by atoms with Crippen molar-refractivity contribution in [2.24, 2.45) is 0 Å². The van der Waals surface area contributed by atoms with Gasteiger partial charge in [0, 0.05) is 5.56 Å². The normalized spacial score (nSPS) is 10.8. The molecule has 2 aromatic carbocycles. The highest BCUT2D eigenvalue weighted by Gasteiger charge is 2.04. The number of hydrogen-bond acceptors (Lipinski definition) is 4. The molecule has 29 heavy (non-hydrogen) atoms. The molecular weight excluding hydrogens is 358 g/mol. The molecule has 0 unspecified atom stereocenters. The topological polar surface area (TPSA) is 58.8 Å². The zero-order valence-corrected chi connectivity index (χ0v) is 16.7. The van der Waals surface area contributed by atoms with Crippen LogP contribution in [0.4, 0.5) is 0 Å². The monoisotopic (exact) mass is 383 g/mol. The van der Waals surface area contributed by atoms with Crippen LogP contribution in [0.15, 0.2) is 73.1 Å². The lowest BCUT2D eigenvalue weighted by Gasteiger charge is -2.06. The lowest BCUT2D eigenvalue weighted by molar-refractivity contribution is 0.322. The molecule has 0 saturated carbocycles.